The van der Waals surface area contributed by atoms with Crippen molar-refractivity contribution in [3.05, 3.63) is 72.3 Å². The van der Waals surface area contributed by atoms with Crippen LogP contribution < -0.4 is 10.6 Å². The van der Waals surface area contributed by atoms with Gasteiger partial charge in [0, 0.05) is 17.5 Å². The van der Waals surface area contributed by atoms with Crippen molar-refractivity contribution >= 4 is 56.8 Å². The summed E-state index contributed by atoms with van der Waals surface area (Å²) in [7, 11) is -3.93. The molecular weight excluding hydrogens is 526 g/mol. The maximum Gasteiger partial charge on any atom is 0.338 e. The molecule has 1 aliphatic heterocycles. The second-order valence-electron chi connectivity index (χ2n) is 8.90. The zero-order chi connectivity index (χ0) is 27.3. The Bertz CT molecular complexity index is 1440. The molecule has 3 aromatic carbocycles. The van der Waals surface area contributed by atoms with E-state index in [1.807, 2.05) is 24.3 Å². The number of ether oxygens (including phenoxy) is 1. The smallest absolute Gasteiger partial charge is 0.338 e. The molecule has 1 heterocycles. The maximum absolute atomic E-state index is 13.5. The minimum atomic E-state index is -3.93. The summed E-state index contributed by atoms with van der Waals surface area (Å²) < 4.78 is 33.0. The van der Waals surface area contributed by atoms with Crippen LogP contribution in [0, 0.1) is 0 Å². The number of esters is 1. The van der Waals surface area contributed by atoms with Gasteiger partial charge in [0.2, 0.25) is 15.9 Å². The first-order chi connectivity index (χ1) is 18.2. The molecule has 0 aliphatic carbocycles. The summed E-state index contributed by atoms with van der Waals surface area (Å²) in [6, 6.07) is 17.7. The quantitative estimate of drug-likeness (QED) is 0.260. The predicted octanol–water partition coefficient (Wildman–Crippen LogP) is 2.88. The van der Waals surface area contributed by atoms with Crippen molar-refractivity contribution in [3.63, 3.8) is 0 Å². The minimum absolute atomic E-state index is 0.122. The van der Waals surface area contributed by atoms with Crippen molar-refractivity contribution in [3.8, 4) is 0 Å². The Morgan fingerprint density at radius 3 is 2.42 bits per heavy atom. The highest BCUT2D eigenvalue weighted by atomic mass is 32.2. The zero-order valence-corrected chi connectivity index (χ0v) is 22.5. The Kier molecular flexibility index (Phi) is 8.83. The molecule has 4 rings (SSSR count). The van der Waals surface area contributed by atoms with E-state index in [-0.39, 0.29) is 54.5 Å². The average Bonchev–Trinajstić information content (AvgIpc) is 3.31. The van der Waals surface area contributed by atoms with E-state index in [2.05, 4.69) is 23.3 Å². The van der Waals surface area contributed by atoms with Gasteiger partial charge in [-0.2, -0.15) is 16.9 Å². The summed E-state index contributed by atoms with van der Waals surface area (Å²) in [6.07, 6.45) is 0.287. The Balaban J connectivity index is 1.34. The Labute approximate surface area is 227 Å². The molecule has 38 heavy (non-hydrogen) atoms. The number of nitrogens with one attached hydrogen (secondary N) is 2. The van der Waals surface area contributed by atoms with E-state index in [9.17, 15) is 22.8 Å². The van der Waals surface area contributed by atoms with E-state index in [1.165, 1.54) is 4.31 Å². The molecule has 0 radical (unpaired) electrons. The number of carbonyl (C=O) groups is 3. The average molecular weight is 556 g/mol. The first-order valence-corrected chi connectivity index (χ1v) is 14.1. The number of sulfonamides is 1. The largest absolute Gasteiger partial charge is 0.462 e. The van der Waals surface area contributed by atoms with Gasteiger partial charge in [0.1, 0.15) is 0 Å². The van der Waals surface area contributed by atoms with E-state index in [0.29, 0.717) is 11.3 Å². The fourth-order valence-electron chi connectivity index (χ4n) is 4.33. The molecule has 9 nitrogen and oxygen atoms in total. The predicted molar refractivity (Wildman–Crippen MR) is 148 cm³/mol. The highest BCUT2D eigenvalue weighted by molar-refractivity contribution is 7.89. The van der Waals surface area contributed by atoms with Crippen LogP contribution in [0.1, 0.15) is 23.7 Å². The first kappa shape index (κ1) is 27.8. The molecule has 3 aromatic rings. The number of thiol groups is 1. The van der Waals surface area contributed by atoms with Gasteiger partial charge < -0.3 is 15.4 Å². The van der Waals surface area contributed by atoms with E-state index in [0.717, 1.165) is 10.8 Å². The molecule has 2 N–H and O–H groups in total. The fraction of sp³-hybridized carbons (Fsp3) is 0.296. The number of nitrogens with zero attached hydrogens (tertiary/aromatic N) is 1. The van der Waals surface area contributed by atoms with Gasteiger partial charge in [-0.25, -0.2) is 13.2 Å². The van der Waals surface area contributed by atoms with Crippen LogP contribution in [0.15, 0.2) is 71.6 Å². The Morgan fingerprint density at radius 2 is 1.71 bits per heavy atom. The van der Waals surface area contributed by atoms with Crippen LogP contribution >= 0.6 is 12.6 Å². The van der Waals surface area contributed by atoms with Crippen LogP contribution in [0.25, 0.3) is 10.8 Å². The third kappa shape index (κ3) is 6.41. The molecule has 2 atom stereocenters. The molecule has 0 spiro atoms. The molecule has 200 valence electrons. The monoisotopic (exact) mass is 555 g/mol. The fourth-order valence-corrected chi connectivity index (χ4v) is 6.52. The van der Waals surface area contributed by atoms with Crippen LogP contribution in [-0.4, -0.2) is 67.9 Å². The first-order valence-electron chi connectivity index (χ1n) is 12.2. The van der Waals surface area contributed by atoms with Crippen molar-refractivity contribution < 1.29 is 27.5 Å². The van der Waals surface area contributed by atoms with Crippen molar-refractivity contribution in [2.24, 2.45) is 0 Å². The molecule has 0 saturated carbocycles. The molecule has 1 aliphatic rings. The van der Waals surface area contributed by atoms with Crippen LogP contribution in [0.3, 0.4) is 0 Å². The van der Waals surface area contributed by atoms with Crippen LogP contribution in [0.2, 0.25) is 0 Å². The number of amides is 1. The number of benzene rings is 3. The number of hydrogen-bond acceptors (Lipinski definition) is 8. The number of hydrogen-bond donors (Lipinski definition) is 3. The second kappa shape index (κ2) is 12.1. The van der Waals surface area contributed by atoms with Gasteiger partial charge in [0.05, 0.1) is 36.2 Å². The topological polar surface area (TPSA) is 122 Å². The van der Waals surface area contributed by atoms with E-state index >= 15 is 0 Å². The number of Topliss-reactive ketones (excluding diaryl/α,β-unsaturated/α-hetero) is 1. The minimum Gasteiger partial charge on any atom is -0.462 e. The summed E-state index contributed by atoms with van der Waals surface area (Å²) >= 11 is 4.45. The van der Waals surface area contributed by atoms with Crippen molar-refractivity contribution in [2.75, 3.05) is 31.6 Å². The van der Waals surface area contributed by atoms with Crippen molar-refractivity contribution in [2.45, 2.75) is 29.5 Å². The van der Waals surface area contributed by atoms with Gasteiger partial charge in [-0.15, -0.1) is 0 Å². The lowest BCUT2D eigenvalue weighted by molar-refractivity contribution is -0.121. The Morgan fingerprint density at radius 1 is 1.00 bits per heavy atom. The third-order valence-corrected chi connectivity index (χ3v) is 8.44. The molecule has 1 amide bonds. The molecule has 0 bridgehead atoms. The van der Waals surface area contributed by atoms with Crippen molar-refractivity contribution in [1.29, 1.82) is 0 Å². The second-order valence-corrected chi connectivity index (χ2v) is 11.5. The lowest BCUT2D eigenvalue weighted by Crippen LogP contribution is -2.44. The molecule has 0 aromatic heterocycles. The van der Waals surface area contributed by atoms with Gasteiger partial charge in [0.15, 0.2) is 5.78 Å². The number of fused-ring (bicyclic) bond motifs is 1. The number of anilines is 1. The number of ketones is 1. The zero-order valence-electron chi connectivity index (χ0n) is 20.8. The molecule has 11 heteroatoms. The lowest BCUT2D eigenvalue weighted by atomic mass is 10.1. The third-order valence-electron chi connectivity index (χ3n) is 6.20. The van der Waals surface area contributed by atoms with Crippen molar-refractivity contribution in [1.82, 2.24) is 9.62 Å². The number of carbonyl (C=O) groups excluding carboxylic acids is 3. The van der Waals surface area contributed by atoms with Gasteiger partial charge >= 0.3 is 5.97 Å². The van der Waals surface area contributed by atoms with Gasteiger partial charge in [-0.05, 0) is 60.5 Å². The number of rotatable bonds is 10. The standard InChI is InChI=1S/C27H29N3O6S2/c1-2-36-27(33)19-7-10-21(11-8-19)29-26(32)16-28-15-25(31)24-14-22(37)17-30(24)38(34,35)23-12-9-18-5-3-4-6-20(18)13-23/h3-13,22,24,28,37H,2,14-17H2,1H3,(H,29,32). The van der Waals surface area contributed by atoms with E-state index < -0.39 is 22.0 Å². The van der Waals surface area contributed by atoms with Gasteiger partial charge in [-0.3, -0.25) is 9.59 Å². The molecule has 1 saturated heterocycles. The summed E-state index contributed by atoms with van der Waals surface area (Å²) in [5, 5.41) is 6.91. The molecular formula is C27H29N3O6S2. The Hall–Kier alpha value is -3.25. The molecule has 2 unspecified atom stereocenters. The normalized spacial score (nSPS) is 17.8. The molecule has 1 fully saturated rings. The van der Waals surface area contributed by atoms with Crippen LogP contribution in [0.5, 0.6) is 0 Å². The van der Waals surface area contributed by atoms with Crippen LogP contribution in [-0.2, 0) is 24.3 Å². The lowest BCUT2D eigenvalue weighted by Gasteiger charge is -2.23. The summed E-state index contributed by atoms with van der Waals surface area (Å²) in [6.45, 7) is 1.78. The van der Waals surface area contributed by atoms with E-state index in [1.54, 1.807) is 49.4 Å². The maximum atomic E-state index is 13.5. The van der Waals surface area contributed by atoms with Gasteiger partial charge in [-0.1, -0.05) is 30.3 Å². The highest BCUT2D eigenvalue weighted by Gasteiger charge is 2.42. The summed E-state index contributed by atoms with van der Waals surface area (Å²) in [5.41, 5.74) is 0.855. The SMILES string of the molecule is CCOC(=O)c1ccc(NC(=O)CNCC(=O)C2CC(S)CN2S(=O)(=O)c2ccc3ccccc3c2)cc1. The highest BCUT2D eigenvalue weighted by Crippen LogP contribution is 2.30. The summed E-state index contributed by atoms with van der Waals surface area (Å²) in [5.74, 6) is -1.17. The summed E-state index contributed by atoms with van der Waals surface area (Å²) in [4.78, 5) is 37.2. The van der Waals surface area contributed by atoms with E-state index in [4.69, 9.17) is 4.74 Å². The van der Waals surface area contributed by atoms with Gasteiger partial charge in [0.25, 0.3) is 0 Å². The van der Waals surface area contributed by atoms with Crippen LogP contribution in [0.4, 0.5) is 5.69 Å².